The Morgan fingerprint density at radius 1 is 1.35 bits per heavy atom. The van der Waals surface area contributed by atoms with E-state index in [0.717, 1.165) is 0 Å². The van der Waals surface area contributed by atoms with Gasteiger partial charge >= 0.3 is 0 Å². The highest BCUT2D eigenvalue weighted by Crippen LogP contribution is 2.30. The smallest absolute Gasteiger partial charge is 0.202 e. The highest BCUT2D eigenvalue weighted by molar-refractivity contribution is 6.03. The summed E-state index contributed by atoms with van der Waals surface area (Å²) >= 11 is 0. The number of aromatic hydroxyl groups is 2. The lowest BCUT2D eigenvalue weighted by Crippen LogP contribution is -2.34. The molecule has 0 unspecified atom stereocenters. The molecular weight excluding hydrogens is 220 g/mol. The summed E-state index contributed by atoms with van der Waals surface area (Å²) in [7, 11) is 0. The number of Topliss-reactive ketones (excluding diaryl/α,β-unsaturated/α-hetero) is 1. The number of hydrogen-bond acceptors (Lipinski definition) is 4. The molecule has 5 N–H and O–H groups in total. The summed E-state index contributed by atoms with van der Waals surface area (Å²) in [4.78, 5) is 14.4. The number of aromatic nitrogens is 1. The third kappa shape index (κ3) is 3.00. The van der Waals surface area contributed by atoms with E-state index >= 15 is 0 Å². The standard InChI is InChI=1S/C12H20N2O3/c1-6-8(11(17)14-10(6)16)9(15)7(13)5-12(2,3)4/h7,14,16-17H,5,13H2,1-4H3/t7-/m0/s1. The van der Waals surface area contributed by atoms with Crippen LogP contribution in [0.4, 0.5) is 0 Å². The second-order valence-corrected chi connectivity index (χ2v) is 5.56. The Morgan fingerprint density at radius 3 is 2.24 bits per heavy atom. The minimum Gasteiger partial charge on any atom is -0.494 e. The van der Waals surface area contributed by atoms with E-state index in [1.165, 1.54) is 0 Å². The SMILES string of the molecule is Cc1c(O)[nH]c(O)c1C(=O)[C@@H](N)CC(C)(C)C. The Kier molecular flexibility index (Phi) is 3.52. The predicted octanol–water partition coefficient (Wildman–Crippen LogP) is 1.68. The number of carbonyl (C=O) groups is 1. The first kappa shape index (κ1) is 13.6. The summed E-state index contributed by atoms with van der Waals surface area (Å²) in [6.07, 6.45) is 0.511. The van der Waals surface area contributed by atoms with E-state index in [1.807, 2.05) is 20.8 Å². The molecule has 0 saturated heterocycles. The summed E-state index contributed by atoms with van der Waals surface area (Å²) in [5, 5.41) is 18.9. The second kappa shape index (κ2) is 4.41. The maximum Gasteiger partial charge on any atom is 0.202 e. The lowest BCUT2D eigenvalue weighted by molar-refractivity contribution is 0.0935. The van der Waals surface area contributed by atoms with Gasteiger partial charge in [-0.3, -0.25) is 9.78 Å². The number of aromatic amines is 1. The first-order valence-electron chi connectivity index (χ1n) is 5.54. The zero-order chi connectivity index (χ0) is 13.4. The summed E-state index contributed by atoms with van der Waals surface area (Å²) in [5.74, 6) is -0.880. The van der Waals surface area contributed by atoms with Gasteiger partial charge in [-0.05, 0) is 18.8 Å². The zero-order valence-electron chi connectivity index (χ0n) is 10.7. The van der Waals surface area contributed by atoms with Crippen molar-refractivity contribution in [3.8, 4) is 11.8 Å². The molecular formula is C12H20N2O3. The molecule has 17 heavy (non-hydrogen) atoms. The molecule has 0 amide bonds. The van der Waals surface area contributed by atoms with E-state index < -0.39 is 6.04 Å². The molecule has 1 aromatic heterocycles. The van der Waals surface area contributed by atoms with Crippen molar-refractivity contribution >= 4 is 5.78 Å². The van der Waals surface area contributed by atoms with Crippen LogP contribution in [0.25, 0.3) is 0 Å². The lowest BCUT2D eigenvalue weighted by atomic mass is 9.85. The van der Waals surface area contributed by atoms with Crippen LogP contribution in [0.3, 0.4) is 0 Å². The highest BCUT2D eigenvalue weighted by atomic mass is 16.3. The fraction of sp³-hybridized carbons (Fsp3) is 0.583. The molecule has 0 aliphatic rings. The molecule has 1 atom stereocenters. The molecule has 0 saturated carbocycles. The number of nitrogens with two attached hydrogens (primary N) is 1. The molecule has 0 aliphatic carbocycles. The van der Waals surface area contributed by atoms with Gasteiger partial charge in [0.25, 0.3) is 0 Å². The van der Waals surface area contributed by atoms with Crippen LogP contribution in [0.15, 0.2) is 0 Å². The van der Waals surface area contributed by atoms with E-state index in [-0.39, 0.29) is 28.5 Å². The van der Waals surface area contributed by atoms with Crippen molar-refractivity contribution in [2.75, 3.05) is 0 Å². The minimum absolute atomic E-state index is 0.0725. The van der Waals surface area contributed by atoms with E-state index in [0.29, 0.717) is 12.0 Å². The number of carbonyl (C=O) groups excluding carboxylic acids is 1. The molecule has 96 valence electrons. The molecule has 1 heterocycles. The van der Waals surface area contributed by atoms with Crippen molar-refractivity contribution in [3.05, 3.63) is 11.1 Å². The maximum absolute atomic E-state index is 12.1. The van der Waals surface area contributed by atoms with Gasteiger partial charge in [0.05, 0.1) is 11.6 Å². The molecule has 0 fully saturated rings. The van der Waals surface area contributed by atoms with Crippen molar-refractivity contribution in [1.29, 1.82) is 0 Å². The lowest BCUT2D eigenvalue weighted by Gasteiger charge is -2.22. The molecule has 1 rings (SSSR count). The van der Waals surface area contributed by atoms with Crippen molar-refractivity contribution < 1.29 is 15.0 Å². The number of hydrogen-bond donors (Lipinski definition) is 4. The third-order valence-corrected chi connectivity index (χ3v) is 2.62. The molecule has 0 spiro atoms. The summed E-state index contributed by atoms with van der Waals surface area (Å²) in [6.45, 7) is 7.52. The van der Waals surface area contributed by atoms with E-state index in [1.54, 1.807) is 6.92 Å². The van der Waals surface area contributed by atoms with Crippen LogP contribution < -0.4 is 5.73 Å². The average Bonchev–Trinajstić information content (AvgIpc) is 2.37. The summed E-state index contributed by atoms with van der Waals surface area (Å²) in [5.41, 5.74) is 6.17. The zero-order valence-corrected chi connectivity index (χ0v) is 10.7. The van der Waals surface area contributed by atoms with Gasteiger partial charge in [0.1, 0.15) is 0 Å². The van der Waals surface area contributed by atoms with Gasteiger partial charge < -0.3 is 15.9 Å². The molecule has 1 aromatic rings. The van der Waals surface area contributed by atoms with Gasteiger partial charge in [-0.25, -0.2) is 0 Å². The second-order valence-electron chi connectivity index (χ2n) is 5.56. The molecule has 0 radical (unpaired) electrons. The number of ketones is 1. The van der Waals surface area contributed by atoms with Crippen LogP contribution in [-0.4, -0.2) is 27.0 Å². The van der Waals surface area contributed by atoms with Crippen molar-refractivity contribution in [2.45, 2.75) is 40.2 Å². The predicted molar refractivity (Wildman–Crippen MR) is 65.2 cm³/mol. The van der Waals surface area contributed by atoms with Crippen LogP contribution in [0, 0.1) is 12.3 Å². The molecule has 0 aromatic carbocycles. The average molecular weight is 240 g/mol. The highest BCUT2D eigenvalue weighted by Gasteiger charge is 2.27. The van der Waals surface area contributed by atoms with Gasteiger partial charge in [-0.15, -0.1) is 0 Å². The Labute approximate surface area is 101 Å². The van der Waals surface area contributed by atoms with Crippen molar-refractivity contribution in [3.63, 3.8) is 0 Å². The fourth-order valence-electron chi connectivity index (χ4n) is 1.80. The molecule has 0 bridgehead atoms. The van der Waals surface area contributed by atoms with Crippen molar-refractivity contribution in [2.24, 2.45) is 11.1 Å². The van der Waals surface area contributed by atoms with Crippen molar-refractivity contribution in [1.82, 2.24) is 4.98 Å². The number of H-pyrrole nitrogens is 1. The minimum atomic E-state index is -0.685. The van der Waals surface area contributed by atoms with Crippen LogP contribution >= 0.6 is 0 Å². The molecule has 5 heteroatoms. The van der Waals surface area contributed by atoms with Gasteiger partial charge in [-0.1, -0.05) is 20.8 Å². The van der Waals surface area contributed by atoms with Gasteiger partial charge in [0, 0.05) is 5.56 Å². The summed E-state index contributed by atoms with van der Waals surface area (Å²) < 4.78 is 0. The Hall–Kier alpha value is -1.49. The topological polar surface area (TPSA) is 99.3 Å². The third-order valence-electron chi connectivity index (χ3n) is 2.62. The van der Waals surface area contributed by atoms with Gasteiger partial charge in [0.2, 0.25) is 5.88 Å². The molecule has 5 nitrogen and oxygen atoms in total. The van der Waals surface area contributed by atoms with Crippen LogP contribution in [0.5, 0.6) is 11.8 Å². The largest absolute Gasteiger partial charge is 0.494 e. The van der Waals surface area contributed by atoms with E-state index in [2.05, 4.69) is 4.98 Å². The fourth-order valence-corrected chi connectivity index (χ4v) is 1.80. The maximum atomic E-state index is 12.1. The van der Waals surface area contributed by atoms with E-state index in [9.17, 15) is 15.0 Å². The Bertz CT molecular complexity index is 430. The quantitative estimate of drug-likeness (QED) is 0.604. The van der Waals surface area contributed by atoms with Gasteiger partial charge in [-0.2, -0.15) is 0 Å². The Balaban J connectivity index is 2.97. The van der Waals surface area contributed by atoms with Crippen LogP contribution in [0.1, 0.15) is 43.1 Å². The van der Waals surface area contributed by atoms with E-state index in [4.69, 9.17) is 5.73 Å². The molecule has 0 aliphatic heterocycles. The Morgan fingerprint density at radius 2 is 1.88 bits per heavy atom. The number of rotatable bonds is 3. The normalized spacial score (nSPS) is 13.7. The summed E-state index contributed by atoms with van der Waals surface area (Å²) in [6, 6.07) is -0.685. The number of nitrogens with one attached hydrogen (secondary N) is 1. The first-order valence-corrected chi connectivity index (χ1v) is 5.54. The van der Waals surface area contributed by atoms with Crippen LogP contribution in [-0.2, 0) is 0 Å². The monoisotopic (exact) mass is 240 g/mol. The van der Waals surface area contributed by atoms with Crippen LogP contribution in [0.2, 0.25) is 0 Å². The first-order chi connectivity index (χ1) is 7.63. The van der Waals surface area contributed by atoms with Gasteiger partial charge in [0.15, 0.2) is 11.7 Å².